The highest BCUT2D eigenvalue weighted by Gasteiger charge is 2.04. The van der Waals surface area contributed by atoms with E-state index in [9.17, 15) is 0 Å². The third kappa shape index (κ3) is 3.20. The molecule has 0 aliphatic heterocycles. The monoisotopic (exact) mass is 364 g/mol. The van der Waals surface area contributed by atoms with Crippen LogP contribution in [0.25, 0.3) is 10.4 Å². The molecule has 0 bridgehead atoms. The predicted octanol–water partition coefficient (Wildman–Crippen LogP) is 5.97. The first-order valence-electron chi connectivity index (χ1n) is 5.95. The van der Waals surface area contributed by atoms with Crippen LogP contribution in [-0.2, 0) is 0 Å². The largest absolute Gasteiger partial charge is 0.332 e. The van der Waals surface area contributed by atoms with Gasteiger partial charge in [0, 0.05) is 21.4 Å². The first-order valence-corrected chi connectivity index (χ1v) is 7.94. The smallest absolute Gasteiger partial charge is 0.187 e. The van der Waals surface area contributed by atoms with Crippen molar-refractivity contribution in [2.75, 3.05) is 5.32 Å². The van der Waals surface area contributed by atoms with E-state index in [1.54, 1.807) is 11.3 Å². The highest BCUT2D eigenvalue weighted by atomic mass is 79.9. The van der Waals surface area contributed by atoms with Crippen LogP contribution in [0.4, 0.5) is 10.8 Å². The second-order valence-electron chi connectivity index (χ2n) is 4.17. The standard InChI is InChI=1S/C15H10BrClN2S/c16-11-3-7-13(8-4-11)19-15-18-9-14(20-15)10-1-5-12(17)6-2-10/h1-9H,(H,18,19). The quantitative estimate of drug-likeness (QED) is 0.618. The minimum Gasteiger partial charge on any atom is -0.332 e. The zero-order valence-corrected chi connectivity index (χ0v) is 13.5. The van der Waals surface area contributed by atoms with Gasteiger partial charge in [0.05, 0.1) is 4.88 Å². The fourth-order valence-corrected chi connectivity index (χ4v) is 2.97. The van der Waals surface area contributed by atoms with Gasteiger partial charge in [0.25, 0.3) is 0 Å². The Bertz CT molecular complexity index is 707. The van der Waals surface area contributed by atoms with Crippen molar-refractivity contribution in [2.24, 2.45) is 0 Å². The van der Waals surface area contributed by atoms with Crippen LogP contribution >= 0.6 is 38.9 Å². The minimum absolute atomic E-state index is 0.742. The van der Waals surface area contributed by atoms with Gasteiger partial charge in [-0.3, -0.25) is 0 Å². The second-order valence-corrected chi connectivity index (χ2v) is 6.55. The van der Waals surface area contributed by atoms with E-state index in [-0.39, 0.29) is 0 Å². The van der Waals surface area contributed by atoms with Gasteiger partial charge >= 0.3 is 0 Å². The van der Waals surface area contributed by atoms with Crippen molar-refractivity contribution in [3.05, 3.63) is 64.2 Å². The summed E-state index contributed by atoms with van der Waals surface area (Å²) in [5, 5.41) is 4.91. The highest BCUT2D eigenvalue weighted by Crippen LogP contribution is 2.31. The molecule has 2 nitrogen and oxygen atoms in total. The molecule has 20 heavy (non-hydrogen) atoms. The van der Waals surface area contributed by atoms with Gasteiger partial charge in [-0.05, 0) is 42.0 Å². The van der Waals surface area contributed by atoms with E-state index in [1.807, 2.05) is 54.7 Å². The van der Waals surface area contributed by atoms with Crippen molar-refractivity contribution >= 4 is 49.7 Å². The molecule has 1 N–H and O–H groups in total. The maximum atomic E-state index is 5.90. The molecule has 1 heterocycles. The Morgan fingerprint density at radius 3 is 2.40 bits per heavy atom. The molecular weight excluding hydrogens is 356 g/mol. The SMILES string of the molecule is Clc1ccc(-c2cnc(Nc3ccc(Br)cc3)s2)cc1. The van der Waals surface area contributed by atoms with Crippen LogP contribution < -0.4 is 5.32 Å². The van der Waals surface area contributed by atoms with Crippen molar-refractivity contribution in [1.82, 2.24) is 4.98 Å². The summed E-state index contributed by atoms with van der Waals surface area (Å²) in [6.07, 6.45) is 1.87. The van der Waals surface area contributed by atoms with E-state index < -0.39 is 0 Å². The number of anilines is 2. The lowest BCUT2D eigenvalue weighted by Crippen LogP contribution is -1.87. The molecule has 5 heteroatoms. The summed E-state index contributed by atoms with van der Waals surface area (Å²) in [7, 11) is 0. The van der Waals surface area contributed by atoms with Gasteiger partial charge in [-0.25, -0.2) is 4.98 Å². The second kappa shape index (κ2) is 5.95. The predicted molar refractivity (Wildman–Crippen MR) is 90.0 cm³/mol. The highest BCUT2D eigenvalue weighted by molar-refractivity contribution is 9.10. The van der Waals surface area contributed by atoms with Gasteiger partial charge in [-0.15, -0.1) is 0 Å². The van der Waals surface area contributed by atoms with E-state index in [4.69, 9.17) is 11.6 Å². The molecule has 0 amide bonds. The molecule has 0 aliphatic rings. The Morgan fingerprint density at radius 1 is 1.00 bits per heavy atom. The zero-order valence-electron chi connectivity index (χ0n) is 10.3. The van der Waals surface area contributed by atoms with Gasteiger partial charge in [0.1, 0.15) is 0 Å². The van der Waals surface area contributed by atoms with Gasteiger partial charge in [-0.1, -0.05) is 51.0 Å². The number of aromatic nitrogens is 1. The van der Waals surface area contributed by atoms with Crippen LogP contribution in [0.2, 0.25) is 5.02 Å². The molecule has 0 radical (unpaired) electrons. The van der Waals surface area contributed by atoms with E-state index in [0.717, 1.165) is 30.8 Å². The summed E-state index contributed by atoms with van der Waals surface area (Å²) in [5.41, 5.74) is 2.14. The van der Waals surface area contributed by atoms with Crippen LogP contribution in [0.5, 0.6) is 0 Å². The van der Waals surface area contributed by atoms with Crippen molar-refractivity contribution in [3.63, 3.8) is 0 Å². The third-order valence-electron chi connectivity index (χ3n) is 2.73. The van der Waals surface area contributed by atoms with E-state index in [2.05, 4.69) is 26.2 Å². The summed E-state index contributed by atoms with van der Waals surface area (Å²) in [6.45, 7) is 0. The van der Waals surface area contributed by atoms with E-state index in [1.165, 1.54) is 0 Å². The molecule has 3 aromatic rings. The number of thiazole rings is 1. The van der Waals surface area contributed by atoms with Crippen LogP contribution in [0.3, 0.4) is 0 Å². The van der Waals surface area contributed by atoms with Crippen molar-refractivity contribution in [1.29, 1.82) is 0 Å². The summed E-state index contributed by atoms with van der Waals surface area (Å²) in [5.74, 6) is 0. The van der Waals surface area contributed by atoms with Crippen molar-refractivity contribution in [3.8, 4) is 10.4 Å². The Balaban J connectivity index is 1.80. The summed E-state index contributed by atoms with van der Waals surface area (Å²) in [6, 6.07) is 15.8. The molecule has 3 rings (SSSR count). The maximum Gasteiger partial charge on any atom is 0.187 e. The Labute approximate surface area is 134 Å². The number of hydrogen-bond acceptors (Lipinski definition) is 3. The Kier molecular flexibility index (Phi) is 4.05. The molecule has 0 saturated heterocycles. The number of rotatable bonds is 3. The van der Waals surface area contributed by atoms with Crippen molar-refractivity contribution < 1.29 is 0 Å². The molecule has 100 valence electrons. The van der Waals surface area contributed by atoms with Crippen LogP contribution in [0, 0.1) is 0 Å². The number of nitrogens with zero attached hydrogens (tertiary/aromatic N) is 1. The Morgan fingerprint density at radius 2 is 1.70 bits per heavy atom. The summed E-state index contributed by atoms with van der Waals surface area (Å²) in [4.78, 5) is 5.51. The first kappa shape index (κ1) is 13.6. The molecule has 1 aromatic heterocycles. The van der Waals surface area contributed by atoms with E-state index in [0.29, 0.717) is 0 Å². The van der Waals surface area contributed by atoms with E-state index >= 15 is 0 Å². The average molecular weight is 366 g/mol. The Hall–Kier alpha value is -1.36. The lowest BCUT2D eigenvalue weighted by atomic mass is 10.2. The molecule has 0 unspecified atom stereocenters. The molecule has 0 spiro atoms. The van der Waals surface area contributed by atoms with Gasteiger partial charge in [0.2, 0.25) is 0 Å². The molecule has 2 aromatic carbocycles. The molecule has 0 saturated carbocycles. The van der Waals surface area contributed by atoms with Crippen LogP contribution in [-0.4, -0.2) is 4.98 Å². The summed E-state index contributed by atoms with van der Waals surface area (Å²) >= 11 is 10.9. The maximum absolute atomic E-state index is 5.90. The lowest BCUT2D eigenvalue weighted by molar-refractivity contribution is 1.39. The normalized spacial score (nSPS) is 10.5. The van der Waals surface area contributed by atoms with Gasteiger partial charge in [-0.2, -0.15) is 0 Å². The number of benzene rings is 2. The molecule has 0 atom stereocenters. The summed E-state index contributed by atoms with van der Waals surface area (Å²) < 4.78 is 1.06. The zero-order chi connectivity index (χ0) is 13.9. The topological polar surface area (TPSA) is 24.9 Å². The van der Waals surface area contributed by atoms with Gasteiger partial charge < -0.3 is 5.32 Å². The third-order valence-corrected chi connectivity index (χ3v) is 4.47. The average Bonchev–Trinajstić information content (AvgIpc) is 2.91. The molecule has 0 fully saturated rings. The number of nitrogens with one attached hydrogen (secondary N) is 1. The lowest BCUT2D eigenvalue weighted by Gasteiger charge is -2.01. The fourth-order valence-electron chi connectivity index (χ4n) is 1.74. The molecule has 0 aliphatic carbocycles. The van der Waals surface area contributed by atoms with Crippen LogP contribution in [0.15, 0.2) is 59.2 Å². The minimum atomic E-state index is 0.742. The number of halogens is 2. The fraction of sp³-hybridized carbons (Fsp3) is 0. The first-order chi connectivity index (χ1) is 9.70. The van der Waals surface area contributed by atoms with Crippen LogP contribution in [0.1, 0.15) is 0 Å². The van der Waals surface area contributed by atoms with Gasteiger partial charge in [0.15, 0.2) is 5.13 Å². The molecular formula is C15H10BrClN2S. The van der Waals surface area contributed by atoms with Crippen molar-refractivity contribution in [2.45, 2.75) is 0 Å². The number of hydrogen-bond donors (Lipinski definition) is 1.